The summed E-state index contributed by atoms with van der Waals surface area (Å²) in [6, 6.07) is 5.71. The van der Waals surface area contributed by atoms with Crippen molar-refractivity contribution in [3.8, 4) is 0 Å². The normalized spacial score (nSPS) is 15.4. The zero-order valence-corrected chi connectivity index (χ0v) is 14.6. The highest BCUT2D eigenvalue weighted by molar-refractivity contribution is 8.00. The van der Waals surface area contributed by atoms with Crippen LogP contribution in [0.15, 0.2) is 29.4 Å². The molecule has 1 aromatic rings. The number of amides is 1. The predicted octanol–water partition coefficient (Wildman–Crippen LogP) is 0.124. The van der Waals surface area contributed by atoms with Crippen LogP contribution in [0.5, 0.6) is 0 Å². The quantitative estimate of drug-likeness (QED) is 0.488. The fourth-order valence-electron chi connectivity index (χ4n) is 1.74. The smallest absolute Gasteiger partial charge is 0.414 e. The molecule has 0 aromatic carbocycles. The Bertz CT molecular complexity index is 554. The lowest BCUT2D eigenvalue weighted by Gasteiger charge is -2.27. The lowest BCUT2D eigenvalue weighted by molar-refractivity contribution is -0.159. The number of carboxylic acids is 2. The molecule has 138 valence electrons. The molecular weight excluding hydrogens is 350 g/mol. The van der Waals surface area contributed by atoms with Gasteiger partial charge >= 0.3 is 11.9 Å². The molecule has 2 rings (SSSR count). The number of ether oxygens (including phenoxy) is 1. The van der Waals surface area contributed by atoms with Gasteiger partial charge in [0.25, 0.3) is 0 Å². The van der Waals surface area contributed by atoms with Gasteiger partial charge in [-0.05, 0) is 19.1 Å². The number of carboxylic acid groups (broad SMARTS) is 2. The largest absolute Gasteiger partial charge is 0.473 e. The van der Waals surface area contributed by atoms with Gasteiger partial charge in [0.1, 0.15) is 0 Å². The standard InChI is InChI=1S/C13H19N3O2S.C2H2O4/c1-11(19-12-4-2-3-5-14-12)13(17)15-10-16-6-8-18-9-7-16;3-1(4)2(5)6/h2-5,11H,6-10H2,1H3,(H,15,17);(H,3,4)(H,5,6). The van der Waals surface area contributed by atoms with E-state index in [0.717, 1.165) is 31.3 Å². The topological polar surface area (TPSA) is 129 Å². The van der Waals surface area contributed by atoms with E-state index in [1.807, 2.05) is 25.1 Å². The zero-order chi connectivity index (χ0) is 18.7. The summed E-state index contributed by atoms with van der Waals surface area (Å²) in [6.45, 7) is 5.73. The number of rotatable bonds is 5. The van der Waals surface area contributed by atoms with E-state index in [1.54, 1.807) is 6.20 Å². The highest BCUT2D eigenvalue weighted by Gasteiger charge is 2.16. The van der Waals surface area contributed by atoms with E-state index in [-0.39, 0.29) is 11.2 Å². The number of morpholine rings is 1. The Morgan fingerprint density at radius 1 is 1.28 bits per heavy atom. The van der Waals surface area contributed by atoms with E-state index >= 15 is 0 Å². The van der Waals surface area contributed by atoms with Crippen molar-refractivity contribution >= 4 is 29.6 Å². The van der Waals surface area contributed by atoms with Crippen molar-refractivity contribution in [1.29, 1.82) is 0 Å². The van der Waals surface area contributed by atoms with Gasteiger partial charge < -0.3 is 20.3 Å². The number of pyridine rings is 1. The Morgan fingerprint density at radius 2 is 1.92 bits per heavy atom. The maximum Gasteiger partial charge on any atom is 0.414 e. The molecule has 0 radical (unpaired) electrons. The third kappa shape index (κ3) is 9.03. The Hall–Kier alpha value is -2.17. The summed E-state index contributed by atoms with van der Waals surface area (Å²) in [7, 11) is 0. The van der Waals surface area contributed by atoms with E-state index in [4.69, 9.17) is 24.5 Å². The third-order valence-electron chi connectivity index (χ3n) is 3.07. The van der Waals surface area contributed by atoms with Crippen LogP contribution in [-0.4, -0.2) is 76.2 Å². The number of aromatic nitrogens is 1. The minimum Gasteiger partial charge on any atom is -0.473 e. The van der Waals surface area contributed by atoms with Crippen LogP contribution in [0.4, 0.5) is 0 Å². The van der Waals surface area contributed by atoms with Gasteiger partial charge in [-0.25, -0.2) is 14.6 Å². The van der Waals surface area contributed by atoms with E-state index in [2.05, 4.69) is 15.2 Å². The van der Waals surface area contributed by atoms with Crippen molar-refractivity contribution in [2.24, 2.45) is 0 Å². The second-order valence-electron chi connectivity index (χ2n) is 4.97. The molecule has 10 heteroatoms. The van der Waals surface area contributed by atoms with Crippen LogP contribution in [0.3, 0.4) is 0 Å². The number of hydrogen-bond acceptors (Lipinski definition) is 7. The number of nitrogens with one attached hydrogen (secondary N) is 1. The molecule has 1 amide bonds. The Labute approximate surface area is 149 Å². The minimum absolute atomic E-state index is 0.0437. The number of thioether (sulfide) groups is 1. The van der Waals surface area contributed by atoms with Gasteiger partial charge in [-0.2, -0.15) is 0 Å². The van der Waals surface area contributed by atoms with E-state index < -0.39 is 11.9 Å². The van der Waals surface area contributed by atoms with Crippen LogP contribution < -0.4 is 5.32 Å². The molecule has 1 aliphatic heterocycles. The number of aliphatic carboxylic acids is 2. The fourth-order valence-corrected chi connectivity index (χ4v) is 2.58. The second-order valence-corrected chi connectivity index (χ2v) is 6.33. The molecule has 0 saturated carbocycles. The lowest BCUT2D eigenvalue weighted by Crippen LogP contribution is -2.45. The highest BCUT2D eigenvalue weighted by atomic mass is 32.2. The lowest BCUT2D eigenvalue weighted by atomic mass is 10.4. The zero-order valence-electron chi connectivity index (χ0n) is 13.8. The third-order valence-corrected chi connectivity index (χ3v) is 4.12. The molecule has 1 aliphatic rings. The van der Waals surface area contributed by atoms with Gasteiger partial charge in [-0.3, -0.25) is 9.69 Å². The van der Waals surface area contributed by atoms with Gasteiger partial charge in [0.15, 0.2) is 0 Å². The van der Waals surface area contributed by atoms with Crippen LogP contribution in [-0.2, 0) is 19.1 Å². The summed E-state index contributed by atoms with van der Waals surface area (Å²) in [5, 5.41) is 18.5. The molecule has 0 bridgehead atoms. The van der Waals surface area contributed by atoms with E-state index in [9.17, 15) is 4.79 Å². The fraction of sp³-hybridized carbons (Fsp3) is 0.467. The molecule has 1 aromatic heterocycles. The first-order valence-corrected chi connectivity index (χ1v) is 8.40. The van der Waals surface area contributed by atoms with E-state index in [0.29, 0.717) is 6.67 Å². The summed E-state index contributed by atoms with van der Waals surface area (Å²) < 4.78 is 5.27. The molecule has 2 heterocycles. The van der Waals surface area contributed by atoms with Crippen LogP contribution in [0, 0.1) is 0 Å². The molecule has 0 aliphatic carbocycles. The van der Waals surface area contributed by atoms with Crippen LogP contribution in [0.1, 0.15) is 6.92 Å². The van der Waals surface area contributed by atoms with Crippen molar-refractivity contribution in [2.45, 2.75) is 17.2 Å². The Morgan fingerprint density at radius 3 is 2.44 bits per heavy atom. The van der Waals surface area contributed by atoms with Crippen molar-refractivity contribution < 1.29 is 29.3 Å². The van der Waals surface area contributed by atoms with Gasteiger partial charge in [0, 0.05) is 19.3 Å². The molecule has 25 heavy (non-hydrogen) atoms. The van der Waals surface area contributed by atoms with Crippen molar-refractivity contribution in [1.82, 2.24) is 15.2 Å². The molecule has 3 N–H and O–H groups in total. The summed E-state index contributed by atoms with van der Waals surface area (Å²) >= 11 is 1.47. The minimum atomic E-state index is -1.82. The maximum atomic E-state index is 12.0. The number of hydrogen-bond donors (Lipinski definition) is 3. The van der Waals surface area contributed by atoms with Crippen LogP contribution >= 0.6 is 11.8 Å². The van der Waals surface area contributed by atoms with Crippen molar-refractivity contribution in [3.05, 3.63) is 24.4 Å². The van der Waals surface area contributed by atoms with Crippen molar-refractivity contribution in [2.75, 3.05) is 33.0 Å². The van der Waals surface area contributed by atoms with Gasteiger partial charge in [0.05, 0.1) is 30.2 Å². The van der Waals surface area contributed by atoms with Crippen LogP contribution in [0.2, 0.25) is 0 Å². The Balaban J connectivity index is 0.000000450. The van der Waals surface area contributed by atoms with Gasteiger partial charge in [-0.1, -0.05) is 17.8 Å². The summed E-state index contributed by atoms with van der Waals surface area (Å²) in [5.74, 6) is -3.60. The van der Waals surface area contributed by atoms with Gasteiger partial charge in [0.2, 0.25) is 5.91 Å². The maximum absolute atomic E-state index is 12.0. The average molecular weight is 371 g/mol. The first-order valence-electron chi connectivity index (χ1n) is 7.52. The molecular formula is C15H21N3O6S. The average Bonchev–Trinajstić information content (AvgIpc) is 2.61. The predicted molar refractivity (Wildman–Crippen MR) is 90.2 cm³/mol. The second kappa shape index (κ2) is 11.4. The molecule has 1 saturated heterocycles. The summed E-state index contributed by atoms with van der Waals surface area (Å²) in [6.07, 6.45) is 1.74. The molecule has 9 nitrogen and oxygen atoms in total. The number of carbonyl (C=O) groups is 3. The number of carbonyl (C=O) groups excluding carboxylic acids is 1. The molecule has 1 unspecified atom stereocenters. The van der Waals surface area contributed by atoms with Crippen molar-refractivity contribution in [3.63, 3.8) is 0 Å². The SMILES string of the molecule is CC(Sc1ccccn1)C(=O)NCN1CCOCC1.O=C(O)C(=O)O. The van der Waals surface area contributed by atoms with E-state index in [1.165, 1.54) is 11.8 Å². The number of nitrogens with zero attached hydrogens (tertiary/aromatic N) is 2. The molecule has 1 atom stereocenters. The summed E-state index contributed by atoms with van der Waals surface area (Å²) in [4.78, 5) is 36.6. The highest BCUT2D eigenvalue weighted by Crippen LogP contribution is 2.20. The van der Waals surface area contributed by atoms with Gasteiger partial charge in [-0.15, -0.1) is 0 Å². The van der Waals surface area contributed by atoms with Crippen LogP contribution in [0.25, 0.3) is 0 Å². The Kier molecular flexibility index (Phi) is 9.51. The monoisotopic (exact) mass is 371 g/mol. The first kappa shape index (κ1) is 20.9. The molecule has 0 spiro atoms. The summed E-state index contributed by atoms with van der Waals surface area (Å²) in [5.41, 5.74) is 0. The first-order chi connectivity index (χ1) is 11.9. The molecule has 1 fully saturated rings.